The van der Waals surface area contributed by atoms with Crippen LogP contribution in [0, 0.1) is 0 Å². The second kappa shape index (κ2) is 8.06. The fourth-order valence-electron chi connectivity index (χ4n) is 2.93. The van der Waals surface area contributed by atoms with Crippen LogP contribution in [0.5, 0.6) is 0 Å². The van der Waals surface area contributed by atoms with E-state index in [9.17, 15) is 4.79 Å². The molecule has 0 aliphatic rings. The Morgan fingerprint density at radius 2 is 1.77 bits per heavy atom. The maximum Gasteiger partial charge on any atom is 0.315 e. The van der Waals surface area contributed by atoms with Gasteiger partial charge in [-0.2, -0.15) is 0 Å². The zero-order valence-electron chi connectivity index (χ0n) is 15.5. The van der Waals surface area contributed by atoms with E-state index in [1.165, 1.54) is 5.56 Å². The molecule has 1 heterocycles. The van der Waals surface area contributed by atoms with Gasteiger partial charge in [-0.1, -0.05) is 42.5 Å². The van der Waals surface area contributed by atoms with E-state index in [1.54, 1.807) is 0 Å². The fourth-order valence-corrected chi connectivity index (χ4v) is 2.93. The summed E-state index contributed by atoms with van der Waals surface area (Å²) in [5, 5.41) is 6.91. The van der Waals surface area contributed by atoms with Gasteiger partial charge in [-0.15, -0.1) is 0 Å². The van der Waals surface area contributed by atoms with Gasteiger partial charge in [0.2, 0.25) is 0 Å². The van der Waals surface area contributed by atoms with Crippen molar-refractivity contribution >= 4 is 17.0 Å². The number of carbonyl (C=O) groups excluding carboxylic acids is 1. The van der Waals surface area contributed by atoms with Crippen molar-refractivity contribution in [3.63, 3.8) is 0 Å². The summed E-state index contributed by atoms with van der Waals surface area (Å²) in [6.07, 6.45) is 0. The molecule has 26 heavy (non-hydrogen) atoms. The third kappa shape index (κ3) is 4.43. The molecule has 5 nitrogen and oxygen atoms in total. The first-order valence-electron chi connectivity index (χ1n) is 8.77. The van der Waals surface area contributed by atoms with E-state index in [-0.39, 0.29) is 12.1 Å². The highest BCUT2D eigenvalue weighted by Crippen LogP contribution is 2.23. The summed E-state index contributed by atoms with van der Waals surface area (Å²) in [7, 11) is 4.07. The van der Waals surface area contributed by atoms with Crippen molar-refractivity contribution in [2.75, 3.05) is 14.1 Å². The lowest BCUT2D eigenvalue weighted by Crippen LogP contribution is -2.36. The maximum atomic E-state index is 12.3. The molecule has 0 radical (unpaired) electrons. The fraction of sp³-hybridized carbons (Fsp3) is 0.286. The van der Waals surface area contributed by atoms with Crippen LogP contribution in [0.1, 0.15) is 29.9 Å². The van der Waals surface area contributed by atoms with Crippen molar-refractivity contribution in [1.82, 2.24) is 15.5 Å². The molecule has 0 saturated carbocycles. The van der Waals surface area contributed by atoms with Gasteiger partial charge >= 0.3 is 6.03 Å². The summed E-state index contributed by atoms with van der Waals surface area (Å²) in [6.45, 7) is 3.24. The van der Waals surface area contributed by atoms with Crippen LogP contribution >= 0.6 is 0 Å². The average Bonchev–Trinajstić information content (AvgIpc) is 3.05. The van der Waals surface area contributed by atoms with E-state index in [0.29, 0.717) is 6.54 Å². The molecule has 1 atom stereocenters. The molecule has 2 N–H and O–H groups in total. The van der Waals surface area contributed by atoms with Crippen molar-refractivity contribution in [3.8, 4) is 0 Å². The van der Waals surface area contributed by atoms with E-state index in [2.05, 4.69) is 21.6 Å². The van der Waals surface area contributed by atoms with Gasteiger partial charge in [0.1, 0.15) is 11.3 Å². The van der Waals surface area contributed by atoms with Gasteiger partial charge in [0.25, 0.3) is 0 Å². The second-order valence-corrected chi connectivity index (χ2v) is 6.74. The second-order valence-electron chi connectivity index (χ2n) is 6.74. The predicted octanol–water partition coefficient (Wildman–Crippen LogP) is 4.05. The predicted molar refractivity (Wildman–Crippen MR) is 104 cm³/mol. The lowest BCUT2D eigenvalue weighted by molar-refractivity contribution is 0.236. The van der Waals surface area contributed by atoms with E-state index in [0.717, 1.165) is 28.8 Å². The first-order valence-corrected chi connectivity index (χ1v) is 8.77. The number of para-hydroxylation sites is 1. The number of nitrogens with zero attached hydrogens (tertiary/aromatic N) is 1. The third-order valence-corrected chi connectivity index (χ3v) is 4.26. The zero-order valence-corrected chi connectivity index (χ0v) is 15.5. The van der Waals surface area contributed by atoms with E-state index < -0.39 is 0 Å². The molecular formula is C21H25N3O2. The van der Waals surface area contributed by atoms with Gasteiger partial charge in [-0.25, -0.2) is 4.79 Å². The molecule has 5 heteroatoms. The summed E-state index contributed by atoms with van der Waals surface area (Å²) in [4.78, 5) is 14.4. The Morgan fingerprint density at radius 1 is 1.08 bits per heavy atom. The number of hydrogen-bond donors (Lipinski definition) is 2. The Labute approximate surface area is 154 Å². The summed E-state index contributed by atoms with van der Waals surface area (Å²) in [5.74, 6) is 0.745. The number of carbonyl (C=O) groups is 1. The summed E-state index contributed by atoms with van der Waals surface area (Å²) in [6, 6.07) is 17.5. The number of fused-ring (bicyclic) bond motifs is 1. The molecule has 0 aliphatic carbocycles. The normalized spacial score (nSPS) is 12.3. The molecule has 0 fully saturated rings. The molecular weight excluding hydrogens is 326 g/mol. The minimum atomic E-state index is -0.211. The van der Waals surface area contributed by atoms with Crippen molar-refractivity contribution in [1.29, 1.82) is 0 Å². The highest BCUT2D eigenvalue weighted by Gasteiger charge is 2.14. The molecule has 1 aromatic heterocycles. The van der Waals surface area contributed by atoms with E-state index >= 15 is 0 Å². The summed E-state index contributed by atoms with van der Waals surface area (Å²) in [5.41, 5.74) is 3.16. The number of hydrogen-bond acceptors (Lipinski definition) is 3. The molecule has 136 valence electrons. The Kier molecular flexibility index (Phi) is 5.58. The molecule has 3 aromatic rings. The van der Waals surface area contributed by atoms with Crippen LogP contribution < -0.4 is 10.6 Å². The summed E-state index contributed by atoms with van der Waals surface area (Å²) >= 11 is 0. The van der Waals surface area contributed by atoms with Crippen LogP contribution in [-0.4, -0.2) is 25.0 Å². The highest BCUT2D eigenvalue weighted by molar-refractivity contribution is 5.78. The lowest BCUT2D eigenvalue weighted by atomic mass is 10.1. The molecule has 2 amide bonds. The third-order valence-electron chi connectivity index (χ3n) is 4.26. The van der Waals surface area contributed by atoms with Crippen LogP contribution in [0.3, 0.4) is 0 Å². The zero-order chi connectivity index (χ0) is 18.5. The standard InChI is InChI=1S/C21H25N3O2/c1-15(20-12-16-8-6-7-11-19(16)26-20)23-21(25)22-13-17-9-4-5-10-18(17)14-24(2)3/h4-12,15H,13-14H2,1-3H3,(H2,22,23,25)/t15-/m1/s1. The minimum Gasteiger partial charge on any atom is -0.459 e. The van der Waals surface area contributed by atoms with Crippen LogP contribution in [0.2, 0.25) is 0 Å². The van der Waals surface area contributed by atoms with Crippen molar-refractivity contribution in [3.05, 3.63) is 71.5 Å². The number of furan rings is 1. The molecule has 2 aromatic carbocycles. The average molecular weight is 351 g/mol. The number of benzene rings is 2. The molecule has 0 bridgehead atoms. The number of urea groups is 1. The monoisotopic (exact) mass is 351 g/mol. The largest absolute Gasteiger partial charge is 0.459 e. The molecule has 0 saturated heterocycles. The Hall–Kier alpha value is -2.79. The van der Waals surface area contributed by atoms with Crippen LogP contribution in [-0.2, 0) is 13.1 Å². The first-order chi connectivity index (χ1) is 12.5. The Bertz CT molecular complexity index is 853. The molecule has 3 rings (SSSR count). The molecule has 0 spiro atoms. The van der Waals surface area contributed by atoms with Gasteiger partial charge in [0.15, 0.2) is 0 Å². The lowest BCUT2D eigenvalue weighted by Gasteiger charge is -2.16. The van der Waals surface area contributed by atoms with Gasteiger partial charge in [-0.3, -0.25) is 0 Å². The minimum absolute atomic E-state index is 0.209. The number of rotatable bonds is 6. The number of amides is 2. The maximum absolute atomic E-state index is 12.3. The topological polar surface area (TPSA) is 57.5 Å². The van der Waals surface area contributed by atoms with Gasteiger partial charge in [-0.05, 0) is 44.3 Å². The van der Waals surface area contributed by atoms with E-state index in [4.69, 9.17) is 4.42 Å². The van der Waals surface area contributed by atoms with Gasteiger partial charge in [0.05, 0.1) is 6.04 Å². The van der Waals surface area contributed by atoms with E-state index in [1.807, 2.05) is 69.6 Å². The van der Waals surface area contributed by atoms with Crippen molar-refractivity contribution < 1.29 is 9.21 Å². The van der Waals surface area contributed by atoms with Gasteiger partial charge < -0.3 is 20.0 Å². The SMILES string of the molecule is C[C@@H](NC(=O)NCc1ccccc1CN(C)C)c1cc2ccccc2o1. The smallest absolute Gasteiger partial charge is 0.315 e. The Balaban J connectivity index is 1.59. The van der Waals surface area contributed by atoms with Crippen LogP contribution in [0.4, 0.5) is 4.79 Å². The summed E-state index contributed by atoms with van der Waals surface area (Å²) < 4.78 is 5.81. The number of nitrogens with one attached hydrogen (secondary N) is 2. The first kappa shape index (κ1) is 18.0. The highest BCUT2D eigenvalue weighted by atomic mass is 16.3. The van der Waals surface area contributed by atoms with Crippen LogP contribution in [0.25, 0.3) is 11.0 Å². The van der Waals surface area contributed by atoms with Crippen molar-refractivity contribution in [2.24, 2.45) is 0 Å². The quantitative estimate of drug-likeness (QED) is 0.704. The van der Waals surface area contributed by atoms with Crippen molar-refractivity contribution in [2.45, 2.75) is 26.1 Å². The molecule has 0 unspecified atom stereocenters. The van der Waals surface area contributed by atoms with Crippen LogP contribution in [0.15, 0.2) is 59.0 Å². The Morgan fingerprint density at radius 3 is 2.50 bits per heavy atom. The van der Waals surface area contributed by atoms with Gasteiger partial charge in [0, 0.05) is 18.5 Å². The molecule has 0 aliphatic heterocycles.